The summed E-state index contributed by atoms with van der Waals surface area (Å²) in [7, 11) is 5.13. The molecule has 0 saturated carbocycles. The number of hydrogen-bond acceptors (Lipinski definition) is 4. The van der Waals surface area contributed by atoms with E-state index in [1.165, 1.54) is 0 Å². The zero-order chi connectivity index (χ0) is 19.9. The number of benzene rings is 2. The fourth-order valence-corrected chi connectivity index (χ4v) is 3.23. The quantitative estimate of drug-likeness (QED) is 0.652. The molecule has 0 aliphatic heterocycles. The Morgan fingerprint density at radius 1 is 1.11 bits per heavy atom. The molecule has 146 valence electrons. The Hall–Kier alpha value is -3.28. The van der Waals surface area contributed by atoms with Crippen LogP contribution in [0.3, 0.4) is 0 Å². The van der Waals surface area contributed by atoms with Crippen LogP contribution in [0.15, 0.2) is 60.9 Å². The molecular weight excluding hydrogens is 354 g/mol. The van der Waals surface area contributed by atoms with E-state index >= 15 is 0 Å². The molecule has 28 heavy (non-hydrogen) atoms. The number of amides is 1. The van der Waals surface area contributed by atoms with Crippen LogP contribution in [-0.2, 0) is 18.3 Å². The molecule has 0 saturated heterocycles. The van der Waals surface area contributed by atoms with E-state index in [1.54, 1.807) is 20.4 Å². The zero-order valence-corrected chi connectivity index (χ0v) is 16.4. The largest absolute Gasteiger partial charge is 0.493 e. The SMILES string of the molecule is COc1cccc(CCC(=O)N[C@H](c2ccccc2)c2nccn2C)c1OC. The third kappa shape index (κ3) is 4.34. The monoisotopic (exact) mass is 379 g/mol. The summed E-state index contributed by atoms with van der Waals surface area (Å²) in [5.74, 6) is 2.07. The van der Waals surface area contributed by atoms with Gasteiger partial charge in [-0.05, 0) is 23.6 Å². The lowest BCUT2D eigenvalue weighted by Gasteiger charge is -2.19. The molecule has 0 aliphatic carbocycles. The molecular formula is C22H25N3O3. The first-order valence-corrected chi connectivity index (χ1v) is 9.15. The van der Waals surface area contributed by atoms with E-state index in [0.717, 1.165) is 17.0 Å². The maximum atomic E-state index is 12.7. The Morgan fingerprint density at radius 2 is 1.89 bits per heavy atom. The number of ether oxygens (including phenoxy) is 2. The van der Waals surface area contributed by atoms with Gasteiger partial charge in [-0.15, -0.1) is 0 Å². The van der Waals surface area contributed by atoms with Gasteiger partial charge < -0.3 is 19.4 Å². The molecule has 2 aromatic carbocycles. The second kappa shape index (κ2) is 9.08. The summed E-state index contributed by atoms with van der Waals surface area (Å²) in [6.07, 6.45) is 4.49. The first-order chi connectivity index (χ1) is 13.6. The average molecular weight is 379 g/mol. The topological polar surface area (TPSA) is 65.4 Å². The highest BCUT2D eigenvalue weighted by molar-refractivity contribution is 5.77. The summed E-state index contributed by atoms with van der Waals surface area (Å²) < 4.78 is 12.7. The number of methoxy groups -OCH3 is 2. The van der Waals surface area contributed by atoms with Gasteiger partial charge in [0.1, 0.15) is 11.9 Å². The van der Waals surface area contributed by atoms with Crippen LogP contribution in [0.5, 0.6) is 11.5 Å². The van der Waals surface area contributed by atoms with Crippen LogP contribution < -0.4 is 14.8 Å². The van der Waals surface area contributed by atoms with Crippen LogP contribution in [0.25, 0.3) is 0 Å². The fourth-order valence-electron chi connectivity index (χ4n) is 3.23. The number of aromatic nitrogens is 2. The predicted octanol–water partition coefficient (Wildman–Crippen LogP) is 3.28. The summed E-state index contributed by atoms with van der Waals surface area (Å²) in [6.45, 7) is 0. The van der Waals surface area contributed by atoms with Crippen molar-refractivity contribution in [2.75, 3.05) is 14.2 Å². The Bertz CT molecular complexity index is 922. The van der Waals surface area contributed by atoms with Crippen LogP contribution in [0, 0.1) is 0 Å². The van der Waals surface area contributed by atoms with Crippen molar-refractivity contribution in [1.29, 1.82) is 0 Å². The summed E-state index contributed by atoms with van der Waals surface area (Å²) in [6, 6.07) is 15.2. The van der Waals surface area contributed by atoms with E-state index in [0.29, 0.717) is 24.3 Å². The van der Waals surface area contributed by atoms with Crippen LogP contribution in [-0.4, -0.2) is 29.7 Å². The summed E-state index contributed by atoms with van der Waals surface area (Å²) in [5, 5.41) is 3.12. The average Bonchev–Trinajstić information content (AvgIpc) is 3.16. The van der Waals surface area contributed by atoms with Crippen LogP contribution in [0.2, 0.25) is 0 Å². The number of aryl methyl sites for hydroxylation is 2. The van der Waals surface area contributed by atoms with Gasteiger partial charge in [-0.2, -0.15) is 0 Å². The number of nitrogens with zero attached hydrogens (tertiary/aromatic N) is 2. The molecule has 0 aliphatic rings. The van der Waals surface area contributed by atoms with Gasteiger partial charge in [-0.3, -0.25) is 4.79 Å². The van der Waals surface area contributed by atoms with Gasteiger partial charge in [-0.25, -0.2) is 4.98 Å². The number of para-hydroxylation sites is 1. The van der Waals surface area contributed by atoms with Crippen molar-refractivity contribution in [1.82, 2.24) is 14.9 Å². The smallest absolute Gasteiger partial charge is 0.221 e. The third-order valence-electron chi connectivity index (χ3n) is 4.66. The second-order valence-electron chi connectivity index (χ2n) is 6.46. The van der Waals surface area contributed by atoms with E-state index < -0.39 is 0 Å². The zero-order valence-electron chi connectivity index (χ0n) is 16.4. The van der Waals surface area contributed by atoms with Gasteiger partial charge in [0.2, 0.25) is 5.91 Å². The Kier molecular flexibility index (Phi) is 6.32. The van der Waals surface area contributed by atoms with Crippen molar-refractivity contribution in [3.8, 4) is 11.5 Å². The van der Waals surface area contributed by atoms with Crippen molar-refractivity contribution < 1.29 is 14.3 Å². The standard InChI is InChI=1S/C22H25N3O3/c1-25-15-14-23-22(25)20(16-8-5-4-6-9-16)24-19(26)13-12-17-10-7-11-18(27-2)21(17)28-3/h4-11,14-15,20H,12-13H2,1-3H3,(H,24,26)/t20-/m1/s1. The first-order valence-electron chi connectivity index (χ1n) is 9.15. The van der Waals surface area contributed by atoms with Gasteiger partial charge in [0.15, 0.2) is 11.5 Å². The van der Waals surface area contributed by atoms with Gasteiger partial charge in [-0.1, -0.05) is 42.5 Å². The lowest BCUT2D eigenvalue weighted by atomic mass is 10.0. The lowest BCUT2D eigenvalue weighted by molar-refractivity contribution is -0.121. The molecule has 1 N–H and O–H groups in total. The van der Waals surface area contributed by atoms with Crippen LogP contribution >= 0.6 is 0 Å². The molecule has 6 nitrogen and oxygen atoms in total. The number of imidazole rings is 1. The highest BCUT2D eigenvalue weighted by Gasteiger charge is 2.21. The normalized spacial score (nSPS) is 11.7. The number of hydrogen-bond donors (Lipinski definition) is 1. The van der Waals surface area contributed by atoms with Gasteiger partial charge in [0.05, 0.1) is 14.2 Å². The molecule has 0 spiro atoms. The first kappa shape index (κ1) is 19.5. The summed E-state index contributed by atoms with van der Waals surface area (Å²) in [5.41, 5.74) is 1.93. The van der Waals surface area contributed by atoms with Gasteiger partial charge in [0.25, 0.3) is 0 Å². The second-order valence-corrected chi connectivity index (χ2v) is 6.46. The maximum absolute atomic E-state index is 12.7. The number of carbonyl (C=O) groups excluding carboxylic acids is 1. The highest BCUT2D eigenvalue weighted by atomic mass is 16.5. The minimum absolute atomic E-state index is 0.0540. The van der Waals surface area contributed by atoms with Gasteiger partial charge in [0, 0.05) is 25.9 Å². The molecule has 1 heterocycles. The molecule has 1 aromatic heterocycles. The van der Waals surface area contributed by atoms with E-state index in [4.69, 9.17) is 9.47 Å². The molecule has 1 atom stereocenters. The van der Waals surface area contributed by atoms with Gasteiger partial charge >= 0.3 is 0 Å². The lowest BCUT2D eigenvalue weighted by Crippen LogP contribution is -2.31. The number of nitrogens with one attached hydrogen (secondary N) is 1. The Balaban J connectivity index is 1.74. The van der Waals surface area contributed by atoms with E-state index in [9.17, 15) is 4.79 Å². The minimum atomic E-state index is -0.305. The molecule has 3 aromatic rings. The predicted molar refractivity (Wildman–Crippen MR) is 108 cm³/mol. The molecule has 0 radical (unpaired) electrons. The minimum Gasteiger partial charge on any atom is -0.493 e. The summed E-state index contributed by atoms with van der Waals surface area (Å²) in [4.78, 5) is 17.2. The van der Waals surface area contributed by atoms with Crippen LogP contribution in [0.1, 0.15) is 29.4 Å². The Morgan fingerprint density at radius 3 is 2.54 bits per heavy atom. The van der Waals surface area contributed by atoms with Crippen molar-refractivity contribution in [3.05, 3.63) is 77.9 Å². The molecule has 1 amide bonds. The fraction of sp³-hybridized carbons (Fsp3) is 0.273. The number of carbonyl (C=O) groups is 1. The van der Waals surface area contributed by atoms with E-state index in [2.05, 4.69) is 10.3 Å². The number of rotatable bonds is 8. The van der Waals surface area contributed by atoms with Crippen molar-refractivity contribution in [2.45, 2.75) is 18.9 Å². The Labute approximate surface area is 165 Å². The van der Waals surface area contributed by atoms with Crippen LogP contribution in [0.4, 0.5) is 0 Å². The maximum Gasteiger partial charge on any atom is 0.221 e. The van der Waals surface area contributed by atoms with Crippen molar-refractivity contribution >= 4 is 5.91 Å². The van der Waals surface area contributed by atoms with Crippen molar-refractivity contribution in [3.63, 3.8) is 0 Å². The molecule has 0 unspecified atom stereocenters. The molecule has 0 fully saturated rings. The summed E-state index contributed by atoms with van der Waals surface area (Å²) >= 11 is 0. The highest BCUT2D eigenvalue weighted by Crippen LogP contribution is 2.31. The van der Waals surface area contributed by atoms with Crippen molar-refractivity contribution in [2.24, 2.45) is 7.05 Å². The third-order valence-corrected chi connectivity index (χ3v) is 4.66. The molecule has 6 heteroatoms. The van der Waals surface area contributed by atoms with E-state index in [1.807, 2.05) is 66.3 Å². The molecule has 0 bridgehead atoms. The van der Waals surface area contributed by atoms with E-state index in [-0.39, 0.29) is 11.9 Å². The molecule has 3 rings (SSSR count).